The van der Waals surface area contributed by atoms with Crippen LogP contribution in [0.2, 0.25) is 0 Å². The maximum Gasteiger partial charge on any atom is 0.326 e. The summed E-state index contributed by atoms with van der Waals surface area (Å²) in [5.41, 5.74) is 11.1. The summed E-state index contributed by atoms with van der Waals surface area (Å²) < 4.78 is 0. The van der Waals surface area contributed by atoms with Crippen molar-refractivity contribution in [2.75, 3.05) is 19.6 Å². The van der Waals surface area contributed by atoms with Crippen LogP contribution in [0.25, 0.3) is 0 Å². The van der Waals surface area contributed by atoms with Gasteiger partial charge >= 0.3 is 12.0 Å². The number of amides is 4. The fourth-order valence-electron chi connectivity index (χ4n) is 4.29. The summed E-state index contributed by atoms with van der Waals surface area (Å²) in [7, 11) is 0. The molecule has 13 nitrogen and oxygen atoms in total. The van der Waals surface area contributed by atoms with Gasteiger partial charge in [0.15, 0.2) is 0 Å². The van der Waals surface area contributed by atoms with E-state index in [-0.39, 0.29) is 31.8 Å². The number of hydrogen-bond acceptors (Lipinski definition) is 7. The van der Waals surface area contributed by atoms with Crippen LogP contribution in [0.4, 0.5) is 4.79 Å². The minimum absolute atomic E-state index is 0.0660. The van der Waals surface area contributed by atoms with E-state index in [0.29, 0.717) is 6.54 Å². The van der Waals surface area contributed by atoms with E-state index < -0.39 is 47.9 Å². The Balaban J connectivity index is 0. The van der Waals surface area contributed by atoms with Crippen molar-refractivity contribution < 1.29 is 34.2 Å². The molecule has 0 rings (SSSR count). The van der Waals surface area contributed by atoms with Gasteiger partial charge in [0, 0.05) is 13.5 Å². The van der Waals surface area contributed by atoms with Gasteiger partial charge in [-0.25, -0.2) is 9.59 Å². The smallest absolute Gasteiger partial charge is 0.326 e. The average molecular weight is 617 g/mol. The van der Waals surface area contributed by atoms with Crippen molar-refractivity contribution in [1.29, 1.82) is 0 Å². The molecule has 0 saturated heterocycles. The van der Waals surface area contributed by atoms with Crippen LogP contribution in [0, 0.1) is 5.92 Å². The first kappa shape index (κ1) is 42.2. The SMILES string of the molecule is CC(=O)O.CCCCCCCCCCCCCCNC(=O)N[C@@H](CCN)C(=O)N[C@H](C(=O)N[C@@H](CCN)C(=O)O)C(C)C. The molecule has 0 radical (unpaired) electrons. The van der Waals surface area contributed by atoms with Gasteiger partial charge in [0.2, 0.25) is 11.8 Å². The molecule has 0 bridgehead atoms. The molecule has 0 heterocycles. The van der Waals surface area contributed by atoms with Gasteiger partial charge in [-0.2, -0.15) is 0 Å². The average Bonchev–Trinajstić information content (AvgIpc) is 2.93. The molecule has 4 amide bonds. The topological polar surface area (TPSA) is 226 Å². The highest BCUT2D eigenvalue weighted by molar-refractivity contribution is 5.93. The fourth-order valence-corrected chi connectivity index (χ4v) is 4.29. The number of carboxylic acid groups (broad SMARTS) is 2. The van der Waals surface area contributed by atoms with Gasteiger partial charge in [0.1, 0.15) is 18.1 Å². The Kier molecular flexibility index (Phi) is 27.4. The van der Waals surface area contributed by atoms with Crippen LogP contribution in [0.5, 0.6) is 0 Å². The molecule has 0 aromatic heterocycles. The summed E-state index contributed by atoms with van der Waals surface area (Å²) in [6.07, 6.45) is 15.1. The molecule has 0 spiro atoms. The molecule has 0 fully saturated rings. The van der Waals surface area contributed by atoms with Crippen molar-refractivity contribution in [1.82, 2.24) is 21.3 Å². The number of aliphatic carboxylic acids is 2. The van der Waals surface area contributed by atoms with Crippen LogP contribution in [-0.4, -0.2) is 77.8 Å². The molecule has 0 aromatic rings. The van der Waals surface area contributed by atoms with E-state index in [9.17, 15) is 24.3 Å². The van der Waals surface area contributed by atoms with Gasteiger partial charge in [-0.05, 0) is 38.3 Å². The van der Waals surface area contributed by atoms with Crippen molar-refractivity contribution in [2.24, 2.45) is 17.4 Å². The Morgan fingerprint density at radius 1 is 0.651 bits per heavy atom. The number of carbonyl (C=O) groups is 5. The zero-order valence-electron chi connectivity index (χ0n) is 26.9. The summed E-state index contributed by atoms with van der Waals surface area (Å²) in [6.45, 7) is 7.54. The number of carboxylic acids is 2. The predicted octanol–water partition coefficient (Wildman–Crippen LogP) is 2.85. The first-order valence-electron chi connectivity index (χ1n) is 15.9. The third-order valence-corrected chi connectivity index (χ3v) is 6.71. The van der Waals surface area contributed by atoms with Crippen molar-refractivity contribution in [2.45, 2.75) is 136 Å². The second-order valence-electron chi connectivity index (χ2n) is 11.1. The van der Waals surface area contributed by atoms with Crippen molar-refractivity contribution in [3.05, 3.63) is 0 Å². The number of hydrogen-bond donors (Lipinski definition) is 8. The van der Waals surface area contributed by atoms with E-state index >= 15 is 0 Å². The highest BCUT2D eigenvalue weighted by Crippen LogP contribution is 2.12. The lowest BCUT2D eigenvalue weighted by atomic mass is 10.0. The van der Waals surface area contributed by atoms with Crippen molar-refractivity contribution in [3.63, 3.8) is 0 Å². The monoisotopic (exact) mass is 616 g/mol. The maximum absolute atomic E-state index is 12.9. The Hall–Kier alpha value is -2.93. The van der Waals surface area contributed by atoms with Crippen molar-refractivity contribution >= 4 is 29.8 Å². The standard InChI is InChI=1S/C28H56N6O5.C2H4O2/c1-4-5-6-7-8-9-10-11-12-13-14-15-20-31-28(39)33-22(16-18-29)25(35)34-24(21(2)3)26(36)32-23(17-19-30)27(37)38;1-2(3)4/h21-24H,4-20,29-30H2,1-3H3,(H,32,36)(H,34,35)(H,37,38)(H2,31,33,39);1H3,(H,3,4)/t22-,23-,24-;/m0./s1. The highest BCUT2D eigenvalue weighted by atomic mass is 16.4. The molecule has 10 N–H and O–H groups in total. The molecule has 0 unspecified atom stereocenters. The second-order valence-corrected chi connectivity index (χ2v) is 11.1. The number of unbranched alkanes of at least 4 members (excludes halogenated alkanes) is 11. The maximum atomic E-state index is 12.9. The third kappa shape index (κ3) is 25.3. The van der Waals surface area contributed by atoms with E-state index in [1.807, 2.05) is 0 Å². The van der Waals surface area contributed by atoms with Crippen LogP contribution < -0.4 is 32.7 Å². The molecule has 0 aliphatic heterocycles. The predicted molar refractivity (Wildman–Crippen MR) is 168 cm³/mol. The largest absolute Gasteiger partial charge is 0.481 e. The molecule has 0 aromatic carbocycles. The van der Waals surface area contributed by atoms with Gasteiger partial charge < -0.3 is 42.9 Å². The van der Waals surface area contributed by atoms with Gasteiger partial charge in [-0.1, -0.05) is 91.4 Å². The van der Waals surface area contributed by atoms with E-state index in [0.717, 1.165) is 26.2 Å². The van der Waals surface area contributed by atoms with Gasteiger partial charge in [0.05, 0.1) is 0 Å². The van der Waals surface area contributed by atoms with E-state index in [1.54, 1.807) is 13.8 Å². The number of rotatable bonds is 24. The highest BCUT2D eigenvalue weighted by Gasteiger charge is 2.30. The minimum atomic E-state index is -1.20. The lowest BCUT2D eigenvalue weighted by Gasteiger charge is -2.26. The van der Waals surface area contributed by atoms with Gasteiger partial charge in [-0.15, -0.1) is 0 Å². The zero-order chi connectivity index (χ0) is 33.0. The first-order valence-corrected chi connectivity index (χ1v) is 15.9. The third-order valence-electron chi connectivity index (χ3n) is 6.71. The lowest BCUT2D eigenvalue weighted by molar-refractivity contribution is -0.142. The zero-order valence-corrected chi connectivity index (χ0v) is 26.9. The summed E-state index contributed by atoms with van der Waals surface area (Å²) in [5, 5.41) is 27.2. The Morgan fingerprint density at radius 2 is 1.09 bits per heavy atom. The summed E-state index contributed by atoms with van der Waals surface area (Å²) in [4.78, 5) is 58.3. The number of nitrogens with two attached hydrogens (primary N) is 2. The number of carbonyl (C=O) groups excluding carboxylic acids is 3. The summed E-state index contributed by atoms with van der Waals surface area (Å²) in [6, 6.07) is -3.52. The van der Waals surface area contributed by atoms with Crippen LogP contribution in [0.1, 0.15) is 118 Å². The molecule has 13 heteroatoms. The van der Waals surface area contributed by atoms with Crippen LogP contribution in [-0.2, 0) is 19.2 Å². The second kappa shape index (κ2) is 27.9. The summed E-state index contributed by atoms with van der Waals surface area (Å²) in [5.74, 6) is -3.53. The molecule has 0 aliphatic carbocycles. The fraction of sp³-hybridized carbons (Fsp3) is 0.833. The van der Waals surface area contributed by atoms with Crippen LogP contribution in [0.15, 0.2) is 0 Å². The Labute approximate surface area is 258 Å². The van der Waals surface area contributed by atoms with Gasteiger partial charge in [0.25, 0.3) is 5.97 Å². The molecular weight excluding hydrogens is 556 g/mol. The molecule has 252 valence electrons. The molecule has 43 heavy (non-hydrogen) atoms. The minimum Gasteiger partial charge on any atom is -0.481 e. The van der Waals surface area contributed by atoms with E-state index in [2.05, 4.69) is 28.2 Å². The van der Waals surface area contributed by atoms with Gasteiger partial charge in [-0.3, -0.25) is 14.4 Å². The molecule has 0 aliphatic rings. The van der Waals surface area contributed by atoms with Crippen LogP contribution >= 0.6 is 0 Å². The first-order chi connectivity index (χ1) is 20.4. The Morgan fingerprint density at radius 3 is 1.51 bits per heavy atom. The number of nitrogens with one attached hydrogen (secondary N) is 4. The molecule has 0 saturated carbocycles. The Bertz CT molecular complexity index is 778. The van der Waals surface area contributed by atoms with Crippen LogP contribution in [0.3, 0.4) is 0 Å². The lowest BCUT2D eigenvalue weighted by Crippen LogP contribution is -2.58. The molecular formula is C30H60N6O7. The molecule has 3 atom stereocenters. The van der Waals surface area contributed by atoms with Crippen molar-refractivity contribution in [3.8, 4) is 0 Å². The van der Waals surface area contributed by atoms with E-state index in [4.69, 9.17) is 21.4 Å². The quantitative estimate of drug-likeness (QED) is 0.0745. The normalized spacial score (nSPS) is 12.7. The van der Waals surface area contributed by atoms with E-state index in [1.165, 1.54) is 57.8 Å². The number of urea groups is 1. The summed E-state index contributed by atoms with van der Waals surface area (Å²) >= 11 is 0.